The van der Waals surface area contributed by atoms with Gasteiger partial charge < -0.3 is 15.8 Å². The number of carbonyl (C=O) groups excluding carboxylic acids is 2. The van der Waals surface area contributed by atoms with Gasteiger partial charge in [0, 0.05) is 12.2 Å². The summed E-state index contributed by atoms with van der Waals surface area (Å²) < 4.78 is 5.58. The summed E-state index contributed by atoms with van der Waals surface area (Å²) in [5.74, 6) is 0.400. The average molecular weight is 366 g/mol. The van der Waals surface area contributed by atoms with Crippen molar-refractivity contribution in [2.24, 2.45) is 10.7 Å². The monoisotopic (exact) mass is 366 g/mol. The van der Waals surface area contributed by atoms with Crippen LogP contribution in [0.1, 0.15) is 34.6 Å². The van der Waals surface area contributed by atoms with Crippen molar-refractivity contribution in [2.45, 2.75) is 20.0 Å². The summed E-state index contributed by atoms with van der Waals surface area (Å²) in [6.45, 7) is 4.32. The van der Waals surface area contributed by atoms with E-state index in [1.807, 2.05) is 38.1 Å². The molecule has 140 valence electrons. The van der Waals surface area contributed by atoms with Crippen molar-refractivity contribution in [3.63, 3.8) is 0 Å². The maximum absolute atomic E-state index is 12.3. The summed E-state index contributed by atoms with van der Waals surface area (Å²) in [7, 11) is 0. The molecule has 0 saturated carbocycles. The summed E-state index contributed by atoms with van der Waals surface area (Å²) in [6, 6.07) is 14.1. The number of nitrogens with one attached hydrogen (secondary N) is 1. The van der Waals surface area contributed by atoms with E-state index in [4.69, 9.17) is 10.5 Å². The molecule has 2 amide bonds. The quantitative estimate of drug-likeness (QED) is 0.465. The Labute approximate surface area is 157 Å². The Hall–Kier alpha value is -3.35. The lowest BCUT2D eigenvalue weighted by atomic mass is 10.1. The number of anilines is 1. The highest BCUT2D eigenvalue weighted by molar-refractivity contribution is 6.21. The van der Waals surface area contributed by atoms with Crippen LogP contribution < -0.4 is 15.8 Å². The lowest BCUT2D eigenvalue weighted by Crippen LogP contribution is -2.33. The van der Waals surface area contributed by atoms with Crippen LogP contribution in [0, 0.1) is 0 Å². The molecule has 0 saturated heterocycles. The molecule has 0 atom stereocenters. The topological polar surface area (TPSA) is 97.0 Å². The Balaban J connectivity index is 1.54. The van der Waals surface area contributed by atoms with Crippen LogP contribution in [0.4, 0.5) is 5.69 Å². The average Bonchev–Trinajstić information content (AvgIpc) is 2.88. The van der Waals surface area contributed by atoms with Crippen LogP contribution in [0.2, 0.25) is 0 Å². The molecule has 0 unspecified atom stereocenters. The Morgan fingerprint density at radius 1 is 1.07 bits per heavy atom. The molecule has 1 aliphatic rings. The Morgan fingerprint density at radius 2 is 1.67 bits per heavy atom. The summed E-state index contributed by atoms with van der Waals surface area (Å²) in [5, 5.41) is 2.97. The summed E-state index contributed by atoms with van der Waals surface area (Å²) in [6.07, 6.45) is 0.109. The second-order valence-corrected chi connectivity index (χ2v) is 6.39. The fourth-order valence-electron chi connectivity index (χ4n) is 2.79. The van der Waals surface area contributed by atoms with Gasteiger partial charge in [-0.25, -0.2) is 0 Å². The van der Waals surface area contributed by atoms with Crippen molar-refractivity contribution in [3.8, 4) is 5.75 Å². The van der Waals surface area contributed by atoms with E-state index in [0.29, 0.717) is 11.1 Å². The number of ether oxygens (including phenoxy) is 1. The van der Waals surface area contributed by atoms with E-state index < -0.39 is 0 Å². The SMILES string of the molecule is CC(C)Oc1ccc(NC(N)=NCCN2C(=O)c3ccccc3C2=O)cc1. The van der Waals surface area contributed by atoms with Crippen LogP contribution >= 0.6 is 0 Å². The number of carbonyl (C=O) groups is 2. The highest BCUT2D eigenvalue weighted by Gasteiger charge is 2.34. The molecular formula is C20H22N4O3. The van der Waals surface area contributed by atoms with E-state index in [1.54, 1.807) is 24.3 Å². The normalized spacial score (nSPS) is 13.9. The van der Waals surface area contributed by atoms with E-state index in [2.05, 4.69) is 10.3 Å². The lowest BCUT2D eigenvalue weighted by Gasteiger charge is -2.13. The van der Waals surface area contributed by atoms with Crippen LogP contribution in [0.3, 0.4) is 0 Å². The Morgan fingerprint density at radius 3 is 2.22 bits per heavy atom. The molecule has 7 nitrogen and oxygen atoms in total. The number of amides is 2. The largest absolute Gasteiger partial charge is 0.491 e. The molecule has 0 spiro atoms. The third kappa shape index (κ3) is 4.25. The van der Waals surface area contributed by atoms with Crippen LogP contribution in [0.15, 0.2) is 53.5 Å². The van der Waals surface area contributed by atoms with Crippen molar-refractivity contribution in [1.29, 1.82) is 0 Å². The molecule has 3 rings (SSSR count). The van der Waals surface area contributed by atoms with Crippen molar-refractivity contribution in [3.05, 3.63) is 59.7 Å². The van der Waals surface area contributed by atoms with Gasteiger partial charge in [0.25, 0.3) is 11.8 Å². The summed E-state index contributed by atoms with van der Waals surface area (Å²) in [4.78, 5) is 29.9. The fourth-order valence-corrected chi connectivity index (χ4v) is 2.79. The van der Waals surface area contributed by atoms with Gasteiger partial charge in [-0.2, -0.15) is 0 Å². The second-order valence-electron chi connectivity index (χ2n) is 6.39. The predicted octanol–water partition coefficient (Wildman–Crippen LogP) is 2.50. The summed E-state index contributed by atoms with van der Waals surface area (Å²) in [5.41, 5.74) is 7.52. The van der Waals surface area contributed by atoms with E-state index in [1.165, 1.54) is 4.90 Å². The molecule has 1 aliphatic heterocycles. The first-order valence-electron chi connectivity index (χ1n) is 8.74. The van der Waals surface area contributed by atoms with Gasteiger partial charge in [-0.1, -0.05) is 12.1 Å². The van der Waals surface area contributed by atoms with Gasteiger partial charge in [0.15, 0.2) is 5.96 Å². The first-order valence-corrected chi connectivity index (χ1v) is 8.74. The lowest BCUT2D eigenvalue weighted by molar-refractivity contribution is 0.0659. The van der Waals surface area contributed by atoms with E-state index in [9.17, 15) is 9.59 Å². The molecule has 7 heteroatoms. The zero-order chi connectivity index (χ0) is 19.4. The zero-order valence-corrected chi connectivity index (χ0v) is 15.3. The number of nitrogens with two attached hydrogens (primary N) is 1. The number of hydrogen-bond acceptors (Lipinski definition) is 4. The molecule has 3 N–H and O–H groups in total. The number of guanidine groups is 1. The van der Waals surface area contributed by atoms with Crippen molar-refractivity contribution in [1.82, 2.24) is 4.90 Å². The van der Waals surface area contributed by atoms with E-state index >= 15 is 0 Å². The number of benzene rings is 2. The Bertz CT molecular complexity index is 840. The fraction of sp³-hybridized carbons (Fsp3) is 0.250. The number of rotatable bonds is 6. The molecule has 0 aliphatic carbocycles. The minimum Gasteiger partial charge on any atom is -0.491 e. The van der Waals surface area contributed by atoms with E-state index in [-0.39, 0.29) is 37.0 Å². The molecule has 1 heterocycles. The van der Waals surface area contributed by atoms with Gasteiger partial charge in [0.05, 0.1) is 23.8 Å². The van der Waals surface area contributed by atoms with Crippen molar-refractivity contribution < 1.29 is 14.3 Å². The highest BCUT2D eigenvalue weighted by Crippen LogP contribution is 2.22. The number of hydrogen-bond donors (Lipinski definition) is 2. The van der Waals surface area contributed by atoms with E-state index in [0.717, 1.165) is 11.4 Å². The molecule has 2 aromatic carbocycles. The zero-order valence-electron chi connectivity index (χ0n) is 15.3. The first-order chi connectivity index (χ1) is 13.0. The molecular weight excluding hydrogens is 344 g/mol. The molecule has 2 aromatic rings. The predicted molar refractivity (Wildman–Crippen MR) is 104 cm³/mol. The summed E-state index contributed by atoms with van der Waals surface area (Å²) >= 11 is 0. The third-order valence-corrected chi connectivity index (χ3v) is 3.98. The Kier molecular flexibility index (Phi) is 5.40. The van der Waals surface area contributed by atoms with Gasteiger partial charge in [-0.3, -0.25) is 19.5 Å². The first kappa shape index (κ1) is 18.4. The maximum atomic E-state index is 12.3. The van der Waals surface area contributed by atoms with Crippen molar-refractivity contribution in [2.75, 3.05) is 18.4 Å². The van der Waals surface area contributed by atoms with Gasteiger partial charge >= 0.3 is 0 Å². The number of fused-ring (bicyclic) bond motifs is 1. The van der Waals surface area contributed by atoms with Crippen LogP contribution in [-0.4, -0.2) is 41.9 Å². The second kappa shape index (κ2) is 7.90. The van der Waals surface area contributed by atoms with Gasteiger partial charge in [-0.05, 0) is 50.2 Å². The van der Waals surface area contributed by atoms with Gasteiger partial charge in [0.2, 0.25) is 0 Å². The minimum absolute atomic E-state index is 0.109. The van der Waals surface area contributed by atoms with Crippen LogP contribution in [0.25, 0.3) is 0 Å². The highest BCUT2D eigenvalue weighted by atomic mass is 16.5. The maximum Gasteiger partial charge on any atom is 0.261 e. The molecule has 0 fully saturated rings. The van der Waals surface area contributed by atoms with Crippen molar-refractivity contribution >= 4 is 23.5 Å². The number of nitrogens with zero attached hydrogens (tertiary/aromatic N) is 2. The molecule has 0 aromatic heterocycles. The minimum atomic E-state index is -0.293. The van der Waals surface area contributed by atoms with Gasteiger partial charge in [0.1, 0.15) is 5.75 Å². The smallest absolute Gasteiger partial charge is 0.261 e. The molecule has 27 heavy (non-hydrogen) atoms. The van der Waals surface area contributed by atoms with Crippen LogP contribution in [-0.2, 0) is 0 Å². The van der Waals surface area contributed by atoms with Crippen LogP contribution in [0.5, 0.6) is 5.75 Å². The standard InChI is InChI=1S/C20H22N4O3/c1-13(2)27-15-9-7-14(8-10-15)23-20(21)22-11-12-24-18(25)16-5-3-4-6-17(16)19(24)26/h3-10,13H,11-12H2,1-2H3,(H3,21,22,23). The molecule has 0 radical (unpaired) electrons. The third-order valence-electron chi connectivity index (χ3n) is 3.98. The number of imide groups is 1. The number of aliphatic imine (C=N–C) groups is 1. The molecule has 0 bridgehead atoms. The van der Waals surface area contributed by atoms with Gasteiger partial charge in [-0.15, -0.1) is 0 Å².